The Kier molecular flexibility index (Phi) is 5.47. The van der Waals surface area contributed by atoms with E-state index in [1.165, 1.54) is 5.56 Å². The summed E-state index contributed by atoms with van der Waals surface area (Å²) in [6, 6.07) is 7.40. The summed E-state index contributed by atoms with van der Waals surface area (Å²) in [6.07, 6.45) is 2.30. The van der Waals surface area contributed by atoms with E-state index in [0.29, 0.717) is 12.0 Å². The molecule has 1 atom stereocenters. The minimum Gasteiger partial charge on any atom is -0.314 e. The van der Waals surface area contributed by atoms with Crippen molar-refractivity contribution in [1.29, 1.82) is 0 Å². The van der Waals surface area contributed by atoms with Crippen LogP contribution in [-0.2, 0) is 0 Å². The van der Waals surface area contributed by atoms with Gasteiger partial charge in [0.2, 0.25) is 0 Å². The molecule has 90 valence electrons. The van der Waals surface area contributed by atoms with Crippen molar-refractivity contribution in [2.75, 3.05) is 6.54 Å². The van der Waals surface area contributed by atoms with Gasteiger partial charge in [-0.05, 0) is 30.0 Å². The molecule has 0 amide bonds. The molecule has 2 heteroatoms. The van der Waals surface area contributed by atoms with E-state index in [4.69, 9.17) is 0 Å². The molecule has 0 aliphatic rings. The lowest BCUT2D eigenvalue weighted by atomic mass is 9.94. The van der Waals surface area contributed by atoms with Crippen LogP contribution in [0.25, 0.3) is 0 Å². The summed E-state index contributed by atoms with van der Waals surface area (Å²) in [5, 5.41) is 3.45. The molecule has 1 nitrogen and oxygen atoms in total. The molecule has 0 saturated carbocycles. The third-order valence-electron chi connectivity index (χ3n) is 2.75. The van der Waals surface area contributed by atoms with E-state index in [1.54, 1.807) is 12.1 Å². The van der Waals surface area contributed by atoms with Crippen molar-refractivity contribution in [2.45, 2.75) is 45.6 Å². The van der Waals surface area contributed by atoms with Crippen molar-refractivity contribution in [3.63, 3.8) is 0 Å². The lowest BCUT2D eigenvalue weighted by Crippen LogP contribution is -2.28. The van der Waals surface area contributed by atoms with Gasteiger partial charge in [0.05, 0.1) is 0 Å². The Labute approximate surface area is 98.1 Å². The van der Waals surface area contributed by atoms with Crippen molar-refractivity contribution in [3.8, 4) is 0 Å². The van der Waals surface area contributed by atoms with Gasteiger partial charge in [0.25, 0.3) is 0 Å². The van der Waals surface area contributed by atoms with Gasteiger partial charge in [0.1, 0.15) is 5.82 Å². The van der Waals surface area contributed by atoms with Crippen LogP contribution in [0.2, 0.25) is 0 Å². The normalized spacial score (nSPS) is 13.1. The molecular weight excluding hydrogens is 201 g/mol. The molecule has 0 aliphatic heterocycles. The van der Waals surface area contributed by atoms with Gasteiger partial charge in [-0.1, -0.05) is 39.3 Å². The maximum Gasteiger partial charge on any atom is 0.123 e. The van der Waals surface area contributed by atoms with E-state index in [1.807, 2.05) is 12.1 Å². The van der Waals surface area contributed by atoms with Crippen molar-refractivity contribution < 1.29 is 4.39 Å². The van der Waals surface area contributed by atoms with Gasteiger partial charge in [-0.3, -0.25) is 0 Å². The first-order valence-electron chi connectivity index (χ1n) is 6.12. The molecule has 0 aromatic heterocycles. The fraction of sp³-hybridized carbons (Fsp3) is 0.571. The van der Waals surface area contributed by atoms with Crippen molar-refractivity contribution in [1.82, 2.24) is 5.32 Å². The number of benzene rings is 1. The highest BCUT2D eigenvalue weighted by Gasteiger charge is 2.10. The summed E-state index contributed by atoms with van der Waals surface area (Å²) >= 11 is 0. The highest BCUT2D eigenvalue weighted by molar-refractivity contribution is 5.20. The zero-order valence-corrected chi connectivity index (χ0v) is 10.5. The fourth-order valence-electron chi connectivity index (χ4n) is 1.85. The first kappa shape index (κ1) is 13.2. The van der Waals surface area contributed by atoms with Crippen LogP contribution in [0, 0.1) is 5.82 Å². The van der Waals surface area contributed by atoms with Crippen LogP contribution in [0.3, 0.4) is 0 Å². The highest BCUT2D eigenvalue weighted by atomic mass is 19.1. The minimum absolute atomic E-state index is 0.157. The molecule has 0 radical (unpaired) electrons. The van der Waals surface area contributed by atoms with E-state index in [2.05, 4.69) is 26.1 Å². The predicted molar refractivity (Wildman–Crippen MR) is 67.2 cm³/mol. The van der Waals surface area contributed by atoms with E-state index < -0.39 is 0 Å². The molecular formula is C14H22FN. The zero-order valence-electron chi connectivity index (χ0n) is 10.5. The average Bonchev–Trinajstić information content (AvgIpc) is 2.25. The Balaban J connectivity index is 2.64. The molecule has 0 fully saturated rings. The van der Waals surface area contributed by atoms with Gasteiger partial charge < -0.3 is 5.32 Å². The molecule has 16 heavy (non-hydrogen) atoms. The van der Waals surface area contributed by atoms with Crippen molar-refractivity contribution >= 4 is 0 Å². The molecule has 0 heterocycles. The molecule has 1 rings (SSSR count). The average molecular weight is 223 g/mol. The minimum atomic E-state index is -0.157. The molecule has 0 spiro atoms. The topological polar surface area (TPSA) is 12.0 Å². The number of hydrogen-bond donors (Lipinski definition) is 1. The summed E-state index contributed by atoms with van der Waals surface area (Å²) in [4.78, 5) is 0. The molecule has 0 aliphatic carbocycles. The van der Waals surface area contributed by atoms with Crippen LogP contribution in [0.15, 0.2) is 24.3 Å². The van der Waals surface area contributed by atoms with Crippen molar-refractivity contribution in [3.05, 3.63) is 35.6 Å². The lowest BCUT2D eigenvalue weighted by Gasteiger charge is -2.19. The standard InChI is InChI=1S/C14H22FN/c1-4-5-13(10-16-11(2)3)12-6-8-14(15)9-7-12/h6-9,11,13,16H,4-5,10H2,1-3H3. The molecule has 1 aromatic carbocycles. The van der Waals surface area contributed by atoms with Crippen LogP contribution in [0.4, 0.5) is 4.39 Å². The van der Waals surface area contributed by atoms with Gasteiger partial charge in [-0.25, -0.2) is 4.39 Å². The second kappa shape index (κ2) is 6.64. The number of halogens is 1. The Bertz CT molecular complexity index is 292. The summed E-state index contributed by atoms with van der Waals surface area (Å²) < 4.78 is 12.8. The summed E-state index contributed by atoms with van der Waals surface area (Å²) in [5.74, 6) is 0.337. The molecule has 1 N–H and O–H groups in total. The van der Waals surface area contributed by atoms with Gasteiger partial charge >= 0.3 is 0 Å². The Hall–Kier alpha value is -0.890. The smallest absolute Gasteiger partial charge is 0.123 e. The Morgan fingerprint density at radius 3 is 2.31 bits per heavy atom. The SMILES string of the molecule is CCCC(CNC(C)C)c1ccc(F)cc1. The van der Waals surface area contributed by atoms with Crippen LogP contribution < -0.4 is 5.32 Å². The monoisotopic (exact) mass is 223 g/mol. The maximum absolute atomic E-state index is 12.8. The lowest BCUT2D eigenvalue weighted by molar-refractivity contribution is 0.504. The first-order chi connectivity index (χ1) is 7.63. The second-order valence-corrected chi connectivity index (χ2v) is 4.60. The van der Waals surface area contributed by atoms with E-state index in [-0.39, 0.29) is 5.82 Å². The largest absolute Gasteiger partial charge is 0.314 e. The first-order valence-corrected chi connectivity index (χ1v) is 6.12. The van der Waals surface area contributed by atoms with Gasteiger partial charge in [-0.15, -0.1) is 0 Å². The van der Waals surface area contributed by atoms with Gasteiger partial charge in [0, 0.05) is 12.6 Å². The predicted octanol–water partition coefficient (Wildman–Crippen LogP) is 3.71. The molecule has 0 saturated heterocycles. The molecule has 0 bridgehead atoms. The summed E-state index contributed by atoms with van der Waals surface area (Å²) in [5.41, 5.74) is 1.23. The highest BCUT2D eigenvalue weighted by Crippen LogP contribution is 2.20. The van der Waals surface area contributed by atoms with Crippen LogP contribution >= 0.6 is 0 Å². The van der Waals surface area contributed by atoms with Gasteiger partial charge in [-0.2, -0.15) is 0 Å². The van der Waals surface area contributed by atoms with Crippen LogP contribution in [0.1, 0.15) is 45.1 Å². The van der Waals surface area contributed by atoms with Gasteiger partial charge in [0.15, 0.2) is 0 Å². The van der Waals surface area contributed by atoms with E-state index >= 15 is 0 Å². The third-order valence-corrected chi connectivity index (χ3v) is 2.75. The Morgan fingerprint density at radius 2 is 1.81 bits per heavy atom. The summed E-state index contributed by atoms with van der Waals surface area (Å²) in [7, 11) is 0. The van der Waals surface area contributed by atoms with Crippen LogP contribution in [-0.4, -0.2) is 12.6 Å². The van der Waals surface area contributed by atoms with E-state index in [9.17, 15) is 4.39 Å². The van der Waals surface area contributed by atoms with Crippen molar-refractivity contribution in [2.24, 2.45) is 0 Å². The Morgan fingerprint density at radius 1 is 1.19 bits per heavy atom. The van der Waals surface area contributed by atoms with E-state index in [0.717, 1.165) is 19.4 Å². The second-order valence-electron chi connectivity index (χ2n) is 4.60. The fourth-order valence-corrected chi connectivity index (χ4v) is 1.85. The van der Waals surface area contributed by atoms with Crippen LogP contribution in [0.5, 0.6) is 0 Å². The summed E-state index contributed by atoms with van der Waals surface area (Å²) in [6.45, 7) is 7.45. The molecule has 1 unspecified atom stereocenters. The molecule has 1 aromatic rings. The number of rotatable bonds is 6. The third kappa shape index (κ3) is 4.31. The number of hydrogen-bond acceptors (Lipinski definition) is 1. The maximum atomic E-state index is 12.8. The zero-order chi connectivity index (χ0) is 12.0. The quantitative estimate of drug-likeness (QED) is 0.775. The number of nitrogens with one attached hydrogen (secondary N) is 1.